The van der Waals surface area contributed by atoms with E-state index in [1.54, 1.807) is 18.4 Å². The highest BCUT2D eigenvalue weighted by Gasteiger charge is 2.29. The Morgan fingerprint density at radius 3 is 2.78 bits per heavy atom. The molecule has 0 bridgehead atoms. The molecule has 1 fully saturated rings. The van der Waals surface area contributed by atoms with Gasteiger partial charge < -0.3 is 4.74 Å². The molecule has 5 heteroatoms. The van der Waals surface area contributed by atoms with Gasteiger partial charge in [0.15, 0.2) is 0 Å². The van der Waals surface area contributed by atoms with Gasteiger partial charge in [0.25, 0.3) is 0 Å². The third-order valence-corrected chi connectivity index (χ3v) is 5.34. The average Bonchev–Trinajstić information content (AvgIpc) is 2.95. The molecule has 3 rings (SSSR count). The molecule has 1 aliphatic rings. The van der Waals surface area contributed by atoms with E-state index in [0.717, 1.165) is 43.2 Å². The molecule has 1 aromatic heterocycles. The molecule has 1 aromatic carbocycles. The van der Waals surface area contributed by atoms with E-state index in [0.29, 0.717) is 5.92 Å². The van der Waals surface area contributed by atoms with Gasteiger partial charge in [-0.05, 0) is 37.5 Å². The lowest BCUT2D eigenvalue weighted by molar-refractivity contribution is -0.00874. The van der Waals surface area contributed by atoms with Crippen LogP contribution in [0, 0.1) is 18.7 Å². The molecular weight excluding hydrogens is 311 g/mol. The molecule has 2 heterocycles. The molecule has 1 saturated heterocycles. The summed E-state index contributed by atoms with van der Waals surface area (Å²) in [5.41, 5.74) is 2.33. The summed E-state index contributed by atoms with van der Waals surface area (Å²) in [7, 11) is 1.79. The highest BCUT2D eigenvalue weighted by Crippen LogP contribution is 2.25. The first-order valence-electron chi connectivity index (χ1n) is 8.04. The largest absolute Gasteiger partial charge is 0.381 e. The normalized spacial score (nSPS) is 22.4. The van der Waals surface area contributed by atoms with Crippen LogP contribution in [-0.2, 0) is 17.7 Å². The van der Waals surface area contributed by atoms with Crippen LogP contribution in [0.3, 0.4) is 0 Å². The molecule has 0 amide bonds. The second kappa shape index (κ2) is 7.51. The van der Waals surface area contributed by atoms with Gasteiger partial charge in [-0.3, -0.25) is 4.90 Å². The van der Waals surface area contributed by atoms with E-state index in [4.69, 9.17) is 4.74 Å². The summed E-state index contributed by atoms with van der Waals surface area (Å²) in [6, 6.07) is 6.83. The number of piperidine rings is 1. The summed E-state index contributed by atoms with van der Waals surface area (Å²) >= 11 is 1.70. The highest BCUT2D eigenvalue weighted by atomic mass is 32.1. The Morgan fingerprint density at radius 2 is 2.13 bits per heavy atom. The Morgan fingerprint density at radius 1 is 1.35 bits per heavy atom. The summed E-state index contributed by atoms with van der Waals surface area (Å²) in [6.07, 6.45) is 2.23. The predicted molar refractivity (Wildman–Crippen MR) is 91.1 cm³/mol. The number of halogens is 1. The number of hydrogen-bond donors (Lipinski definition) is 0. The topological polar surface area (TPSA) is 25.4 Å². The van der Waals surface area contributed by atoms with Crippen LogP contribution < -0.4 is 0 Å². The third kappa shape index (κ3) is 4.37. The van der Waals surface area contributed by atoms with Crippen LogP contribution in [-0.4, -0.2) is 36.2 Å². The number of aryl methyl sites for hydroxylation is 1. The SMILES string of the molecule is CO[C@@H]1CCN(Cc2csc(C)n2)C[C@H]1Cc1ccc(F)cc1. The lowest BCUT2D eigenvalue weighted by atomic mass is 9.88. The van der Waals surface area contributed by atoms with Crippen molar-refractivity contribution in [3.63, 3.8) is 0 Å². The molecule has 0 spiro atoms. The molecule has 1 aliphatic heterocycles. The smallest absolute Gasteiger partial charge is 0.123 e. The van der Waals surface area contributed by atoms with Crippen molar-refractivity contribution < 1.29 is 9.13 Å². The molecule has 2 atom stereocenters. The number of hydrogen-bond acceptors (Lipinski definition) is 4. The Labute approximate surface area is 141 Å². The van der Waals surface area contributed by atoms with Crippen LogP contribution >= 0.6 is 11.3 Å². The fourth-order valence-corrected chi connectivity index (χ4v) is 3.97. The predicted octanol–water partition coefficient (Wildman–Crippen LogP) is 3.67. The lowest BCUT2D eigenvalue weighted by Gasteiger charge is -2.37. The van der Waals surface area contributed by atoms with Gasteiger partial charge in [-0.1, -0.05) is 12.1 Å². The maximum atomic E-state index is 13.1. The van der Waals surface area contributed by atoms with Gasteiger partial charge in [0.2, 0.25) is 0 Å². The molecule has 0 aliphatic carbocycles. The molecule has 0 unspecified atom stereocenters. The van der Waals surface area contributed by atoms with Crippen molar-refractivity contribution in [2.24, 2.45) is 5.92 Å². The Hall–Kier alpha value is -1.30. The van der Waals surface area contributed by atoms with E-state index in [-0.39, 0.29) is 11.9 Å². The molecule has 0 radical (unpaired) electrons. The maximum Gasteiger partial charge on any atom is 0.123 e. The van der Waals surface area contributed by atoms with E-state index >= 15 is 0 Å². The Bertz CT molecular complexity index is 628. The standard InChI is InChI=1S/C18H23FN2OS/c1-13-20-17(12-23-13)11-21-8-7-18(22-2)15(10-21)9-14-3-5-16(19)6-4-14/h3-6,12,15,18H,7-11H2,1-2H3/t15-,18-/m1/s1. The Kier molecular flexibility index (Phi) is 5.41. The molecule has 2 aromatic rings. The van der Waals surface area contributed by atoms with Crippen molar-refractivity contribution in [3.8, 4) is 0 Å². The van der Waals surface area contributed by atoms with E-state index < -0.39 is 0 Å². The van der Waals surface area contributed by atoms with Gasteiger partial charge in [0.05, 0.1) is 16.8 Å². The molecular formula is C18H23FN2OS. The van der Waals surface area contributed by atoms with Crippen molar-refractivity contribution in [1.29, 1.82) is 0 Å². The summed E-state index contributed by atoms with van der Waals surface area (Å²) in [5.74, 6) is 0.250. The summed E-state index contributed by atoms with van der Waals surface area (Å²) in [5, 5.41) is 3.27. The van der Waals surface area contributed by atoms with Crippen molar-refractivity contribution in [2.75, 3.05) is 20.2 Å². The number of aromatic nitrogens is 1. The zero-order valence-corrected chi connectivity index (χ0v) is 14.5. The first kappa shape index (κ1) is 16.6. The summed E-state index contributed by atoms with van der Waals surface area (Å²) < 4.78 is 18.8. The number of ether oxygens (including phenoxy) is 1. The van der Waals surface area contributed by atoms with Crippen molar-refractivity contribution in [3.05, 3.63) is 51.7 Å². The van der Waals surface area contributed by atoms with Crippen LogP contribution in [0.15, 0.2) is 29.6 Å². The minimum absolute atomic E-state index is 0.179. The summed E-state index contributed by atoms with van der Waals surface area (Å²) in [6.45, 7) is 4.98. The first-order chi connectivity index (χ1) is 11.1. The minimum Gasteiger partial charge on any atom is -0.381 e. The first-order valence-corrected chi connectivity index (χ1v) is 8.92. The Balaban J connectivity index is 1.64. The molecule has 0 N–H and O–H groups in total. The number of nitrogens with zero attached hydrogens (tertiary/aromatic N) is 2. The van der Waals surface area contributed by atoms with Crippen LogP contribution in [0.1, 0.15) is 22.7 Å². The number of methoxy groups -OCH3 is 1. The van der Waals surface area contributed by atoms with Gasteiger partial charge in [-0.25, -0.2) is 9.37 Å². The average molecular weight is 334 g/mol. The van der Waals surface area contributed by atoms with E-state index in [9.17, 15) is 4.39 Å². The van der Waals surface area contributed by atoms with Crippen molar-refractivity contribution in [2.45, 2.75) is 32.4 Å². The molecule has 0 saturated carbocycles. The second-order valence-electron chi connectivity index (χ2n) is 6.25. The second-order valence-corrected chi connectivity index (χ2v) is 7.31. The minimum atomic E-state index is -0.179. The fraction of sp³-hybridized carbons (Fsp3) is 0.500. The molecule has 3 nitrogen and oxygen atoms in total. The number of rotatable bonds is 5. The van der Waals surface area contributed by atoms with Crippen LogP contribution in [0.4, 0.5) is 4.39 Å². The van der Waals surface area contributed by atoms with Crippen molar-refractivity contribution in [1.82, 2.24) is 9.88 Å². The zero-order chi connectivity index (χ0) is 16.2. The van der Waals surface area contributed by atoms with E-state index in [1.165, 1.54) is 17.7 Å². The van der Waals surface area contributed by atoms with Crippen LogP contribution in [0.2, 0.25) is 0 Å². The van der Waals surface area contributed by atoms with Gasteiger partial charge in [-0.2, -0.15) is 0 Å². The van der Waals surface area contributed by atoms with Gasteiger partial charge in [0, 0.05) is 38.0 Å². The number of benzene rings is 1. The van der Waals surface area contributed by atoms with Gasteiger partial charge in [0.1, 0.15) is 5.82 Å². The molecule has 124 valence electrons. The fourth-order valence-electron chi connectivity index (χ4n) is 3.37. The van der Waals surface area contributed by atoms with Crippen molar-refractivity contribution >= 4 is 11.3 Å². The maximum absolute atomic E-state index is 13.1. The van der Waals surface area contributed by atoms with Crippen LogP contribution in [0.25, 0.3) is 0 Å². The monoisotopic (exact) mass is 334 g/mol. The van der Waals surface area contributed by atoms with Crippen LogP contribution in [0.5, 0.6) is 0 Å². The quantitative estimate of drug-likeness (QED) is 0.834. The lowest BCUT2D eigenvalue weighted by Crippen LogP contribution is -2.44. The highest BCUT2D eigenvalue weighted by molar-refractivity contribution is 7.09. The number of thiazole rings is 1. The van der Waals surface area contributed by atoms with Gasteiger partial charge in [-0.15, -0.1) is 11.3 Å². The number of likely N-dealkylation sites (tertiary alicyclic amines) is 1. The summed E-state index contributed by atoms with van der Waals surface area (Å²) in [4.78, 5) is 7.02. The molecule has 23 heavy (non-hydrogen) atoms. The van der Waals surface area contributed by atoms with Gasteiger partial charge >= 0.3 is 0 Å². The third-order valence-electron chi connectivity index (χ3n) is 4.51. The van der Waals surface area contributed by atoms with E-state index in [1.807, 2.05) is 19.1 Å². The van der Waals surface area contributed by atoms with E-state index in [2.05, 4.69) is 15.3 Å². The zero-order valence-electron chi connectivity index (χ0n) is 13.7.